The van der Waals surface area contributed by atoms with Gasteiger partial charge >= 0.3 is 5.97 Å². The number of likely N-dealkylation sites (tertiary alicyclic amines) is 1. The van der Waals surface area contributed by atoms with Crippen molar-refractivity contribution in [3.05, 3.63) is 23.0 Å². The zero-order chi connectivity index (χ0) is 14.9. The number of aromatic nitrogens is 2. The van der Waals surface area contributed by atoms with E-state index in [1.54, 1.807) is 13.0 Å². The Bertz CT molecular complexity index is 546. The fraction of sp³-hybridized carbons (Fsp3) is 0.538. The average molecular weight is 279 g/mol. The molecule has 1 saturated heterocycles. The minimum Gasteiger partial charge on any atom is -0.480 e. The molecular formula is C13H17N3O4. The molecule has 2 N–H and O–H groups in total. The van der Waals surface area contributed by atoms with Crippen LogP contribution in [0.25, 0.3) is 0 Å². The van der Waals surface area contributed by atoms with Crippen LogP contribution in [-0.4, -0.2) is 55.9 Å². The number of nitrogens with zero attached hydrogens (tertiary/aromatic N) is 3. The van der Waals surface area contributed by atoms with Crippen molar-refractivity contribution < 1.29 is 19.8 Å². The van der Waals surface area contributed by atoms with E-state index in [1.807, 2.05) is 6.92 Å². The van der Waals surface area contributed by atoms with E-state index in [1.165, 1.54) is 4.90 Å². The molecule has 1 aliphatic rings. The fourth-order valence-corrected chi connectivity index (χ4v) is 2.39. The number of hydrogen-bond donors (Lipinski definition) is 2. The molecule has 2 rings (SSSR count). The summed E-state index contributed by atoms with van der Waals surface area (Å²) in [5.74, 6) is -1.52. The number of aliphatic carboxylic acids is 1. The maximum Gasteiger partial charge on any atom is 0.326 e. The van der Waals surface area contributed by atoms with Gasteiger partial charge in [0.25, 0.3) is 5.91 Å². The second kappa shape index (κ2) is 5.54. The third-order valence-corrected chi connectivity index (χ3v) is 3.38. The Kier molecular flexibility index (Phi) is 3.99. The molecule has 1 aliphatic heterocycles. The molecule has 1 aromatic rings. The van der Waals surface area contributed by atoms with Gasteiger partial charge in [0.15, 0.2) is 0 Å². The molecule has 0 bridgehead atoms. The monoisotopic (exact) mass is 279 g/mol. The van der Waals surface area contributed by atoms with Crippen molar-refractivity contribution in [3.63, 3.8) is 0 Å². The van der Waals surface area contributed by atoms with Gasteiger partial charge < -0.3 is 15.1 Å². The molecule has 1 unspecified atom stereocenters. The number of rotatable bonds is 3. The number of carboxylic acid groups (broad SMARTS) is 1. The highest BCUT2D eigenvalue weighted by molar-refractivity contribution is 5.98. The summed E-state index contributed by atoms with van der Waals surface area (Å²) < 4.78 is 0. The number of aliphatic hydroxyl groups is 1. The van der Waals surface area contributed by atoms with Crippen LogP contribution in [0.1, 0.15) is 35.1 Å². The summed E-state index contributed by atoms with van der Waals surface area (Å²) in [6.07, 6.45) is -0.219. The molecule has 2 atom stereocenters. The van der Waals surface area contributed by atoms with Crippen molar-refractivity contribution in [2.45, 2.75) is 38.8 Å². The highest BCUT2D eigenvalue weighted by Gasteiger charge is 2.39. The fourth-order valence-electron chi connectivity index (χ4n) is 2.39. The first-order valence-corrected chi connectivity index (χ1v) is 6.49. The van der Waals surface area contributed by atoms with Crippen LogP contribution >= 0.6 is 0 Å². The van der Waals surface area contributed by atoms with Crippen LogP contribution in [0, 0.1) is 6.92 Å². The third kappa shape index (κ3) is 2.62. The van der Waals surface area contributed by atoms with Gasteiger partial charge in [0.05, 0.1) is 23.1 Å². The van der Waals surface area contributed by atoms with Gasteiger partial charge in [-0.2, -0.15) is 10.2 Å². The van der Waals surface area contributed by atoms with E-state index in [0.717, 1.165) is 0 Å². The molecule has 7 heteroatoms. The number of carbonyl (C=O) groups excluding carboxylic acids is 1. The lowest BCUT2D eigenvalue weighted by Gasteiger charge is -2.22. The lowest BCUT2D eigenvalue weighted by Crippen LogP contribution is -2.41. The van der Waals surface area contributed by atoms with Crippen LogP contribution in [0.2, 0.25) is 0 Å². The van der Waals surface area contributed by atoms with Crippen LogP contribution in [0.15, 0.2) is 6.07 Å². The molecule has 0 radical (unpaired) electrons. The molecule has 1 fully saturated rings. The summed E-state index contributed by atoms with van der Waals surface area (Å²) in [6, 6.07) is 0.619. The molecule has 1 amide bonds. The first kappa shape index (κ1) is 14.4. The van der Waals surface area contributed by atoms with Gasteiger partial charge in [-0.25, -0.2) is 4.79 Å². The molecule has 0 aliphatic carbocycles. The van der Waals surface area contributed by atoms with Gasteiger partial charge in [-0.3, -0.25) is 4.79 Å². The lowest BCUT2D eigenvalue weighted by molar-refractivity contribution is -0.141. The maximum atomic E-state index is 12.5. The second-order valence-corrected chi connectivity index (χ2v) is 4.90. The van der Waals surface area contributed by atoms with E-state index in [9.17, 15) is 14.7 Å². The summed E-state index contributed by atoms with van der Waals surface area (Å²) in [5, 5.41) is 26.6. The first-order chi connectivity index (χ1) is 9.43. The van der Waals surface area contributed by atoms with Gasteiger partial charge in [0, 0.05) is 13.0 Å². The van der Waals surface area contributed by atoms with Gasteiger partial charge in [0.2, 0.25) is 0 Å². The Morgan fingerprint density at radius 3 is 2.75 bits per heavy atom. The van der Waals surface area contributed by atoms with Gasteiger partial charge in [-0.1, -0.05) is 6.92 Å². The summed E-state index contributed by atoms with van der Waals surface area (Å²) >= 11 is 0. The number of hydrogen-bond acceptors (Lipinski definition) is 5. The van der Waals surface area contributed by atoms with Crippen LogP contribution in [-0.2, 0) is 11.2 Å². The van der Waals surface area contributed by atoms with Crippen molar-refractivity contribution in [3.8, 4) is 0 Å². The number of aliphatic hydroxyl groups excluding tert-OH is 1. The summed E-state index contributed by atoms with van der Waals surface area (Å²) in [5.41, 5.74) is 1.49. The summed E-state index contributed by atoms with van der Waals surface area (Å²) in [6.45, 7) is 3.60. The van der Waals surface area contributed by atoms with Crippen LogP contribution < -0.4 is 0 Å². The minimum absolute atomic E-state index is 0.0281. The summed E-state index contributed by atoms with van der Waals surface area (Å²) in [7, 11) is 0. The molecule has 7 nitrogen and oxygen atoms in total. The van der Waals surface area contributed by atoms with E-state index in [0.29, 0.717) is 23.4 Å². The molecule has 2 heterocycles. The zero-order valence-corrected chi connectivity index (χ0v) is 11.4. The predicted octanol–water partition coefficient (Wildman–Crippen LogP) is 0.00742. The maximum absolute atomic E-state index is 12.5. The topological polar surface area (TPSA) is 104 Å². The third-order valence-electron chi connectivity index (χ3n) is 3.38. The first-order valence-electron chi connectivity index (χ1n) is 6.49. The minimum atomic E-state index is -1.10. The normalized spacial score (nSPS) is 22.1. The molecule has 0 aromatic carbocycles. The Morgan fingerprint density at radius 2 is 2.15 bits per heavy atom. The number of amides is 1. The number of aryl methyl sites for hydroxylation is 2. The van der Waals surface area contributed by atoms with E-state index in [2.05, 4.69) is 10.2 Å². The molecule has 20 heavy (non-hydrogen) atoms. The van der Waals surface area contributed by atoms with Crippen molar-refractivity contribution in [2.75, 3.05) is 6.54 Å². The quantitative estimate of drug-likeness (QED) is 0.807. The standard InChI is InChI=1S/C13H17N3O4/c1-3-10-9(4-7(2)14-15-10)12(18)16-6-8(17)5-11(16)13(19)20/h4,8,11,17H,3,5-6H2,1-2H3,(H,19,20)/t8?,11-/m0/s1. The van der Waals surface area contributed by atoms with Crippen molar-refractivity contribution >= 4 is 11.9 Å². The van der Waals surface area contributed by atoms with E-state index >= 15 is 0 Å². The van der Waals surface area contributed by atoms with Crippen molar-refractivity contribution in [1.82, 2.24) is 15.1 Å². The largest absolute Gasteiger partial charge is 0.480 e. The Hall–Kier alpha value is -2.02. The number of carboxylic acids is 1. The van der Waals surface area contributed by atoms with Gasteiger partial charge in [0.1, 0.15) is 6.04 Å². The average Bonchev–Trinajstić information content (AvgIpc) is 2.80. The zero-order valence-electron chi connectivity index (χ0n) is 11.4. The Labute approximate surface area is 116 Å². The second-order valence-electron chi connectivity index (χ2n) is 4.90. The number of β-amino-alcohol motifs (C(OH)–C–C–N with tert-alkyl or cyclic N) is 1. The van der Waals surface area contributed by atoms with Crippen LogP contribution in [0.3, 0.4) is 0 Å². The van der Waals surface area contributed by atoms with Crippen LogP contribution in [0.4, 0.5) is 0 Å². The van der Waals surface area contributed by atoms with Crippen molar-refractivity contribution in [1.29, 1.82) is 0 Å². The van der Waals surface area contributed by atoms with Crippen molar-refractivity contribution in [2.24, 2.45) is 0 Å². The molecule has 0 saturated carbocycles. The summed E-state index contributed by atoms with van der Waals surface area (Å²) in [4.78, 5) is 24.9. The molecule has 0 spiro atoms. The SMILES string of the molecule is CCc1nnc(C)cc1C(=O)N1CC(O)C[C@H]1C(=O)O. The molecule has 1 aromatic heterocycles. The number of carbonyl (C=O) groups is 2. The molecular weight excluding hydrogens is 262 g/mol. The van der Waals surface area contributed by atoms with E-state index in [-0.39, 0.29) is 13.0 Å². The Balaban J connectivity index is 2.35. The van der Waals surface area contributed by atoms with Gasteiger partial charge in [-0.05, 0) is 19.4 Å². The van der Waals surface area contributed by atoms with E-state index in [4.69, 9.17) is 5.11 Å². The van der Waals surface area contributed by atoms with Gasteiger partial charge in [-0.15, -0.1) is 0 Å². The van der Waals surface area contributed by atoms with E-state index < -0.39 is 24.0 Å². The highest BCUT2D eigenvalue weighted by Crippen LogP contribution is 2.22. The highest BCUT2D eigenvalue weighted by atomic mass is 16.4. The smallest absolute Gasteiger partial charge is 0.326 e. The Morgan fingerprint density at radius 1 is 1.45 bits per heavy atom. The lowest BCUT2D eigenvalue weighted by atomic mass is 10.1. The predicted molar refractivity (Wildman–Crippen MR) is 69.2 cm³/mol. The molecule has 108 valence electrons. The van der Waals surface area contributed by atoms with Crippen LogP contribution in [0.5, 0.6) is 0 Å².